The minimum Gasteiger partial charge on any atom is -0.480 e. The van der Waals surface area contributed by atoms with E-state index in [4.69, 9.17) is 11.5 Å². The van der Waals surface area contributed by atoms with Crippen molar-refractivity contribution in [3.05, 3.63) is 29.3 Å². The number of aliphatic carboxylic acids is 1. The van der Waals surface area contributed by atoms with Gasteiger partial charge in [-0.05, 0) is 37.0 Å². The molecule has 0 aromatic heterocycles. The zero-order valence-corrected chi connectivity index (χ0v) is 12.0. The minimum absolute atomic E-state index is 0.0664. The van der Waals surface area contributed by atoms with Crippen LogP contribution in [-0.4, -0.2) is 29.9 Å². The average Bonchev–Trinajstić information content (AvgIpc) is 2.83. The fourth-order valence-corrected chi connectivity index (χ4v) is 2.61. The van der Waals surface area contributed by atoms with Gasteiger partial charge in [0.1, 0.15) is 6.54 Å². The molecule has 1 aliphatic rings. The molecule has 1 aromatic rings. The summed E-state index contributed by atoms with van der Waals surface area (Å²) in [7, 11) is 0. The number of carboxylic acids is 1. The Kier molecular flexibility index (Phi) is 4.99. The number of Topliss-reactive ketones (excluding diaryl/α,β-unsaturated/α-hetero) is 1. The number of aryl methyl sites for hydroxylation is 1. The Morgan fingerprint density at radius 2 is 2.14 bits per heavy atom. The predicted molar refractivity (Wildman–Crippen MR) is 81.6 cm³/mol. The number of fused-ring (bicyclic) bond motifs is 1. The molecule has 1 N–H and O–H groups in total. The van der Waals surface area contributed by atoms with Crippen molar-refractivity contribution in [2.45, 2.75) is 32.1 Å². The summed E-state index contributed by atoms with van der Waals surface area (Å²) in [5, 5.41) is 9.05. The van der Waals surface area contributed by atoms with Crippen molar-refractivity contribution in [1.82, 2.24) is 0 Å². The van der Waals surface area contributed by atoms with Crippen LogP contribution in [0, 0.1) is 12.3 Å². The third kappa shape index (κ3) is 3.85. The number of carbonyl (C=O) groups excluding carboxylic acids is 1. The van der Waals surface area contributed by atoms with E-state index in [0.717, 1.165) is 36.1 Å². The van der Waals surface area contributed by atoms with E-state index in [1.165, 1.54) is 0 Å². The van der Waals surface area contributed by atoms with E-state index < -0.39 is 5.97 Å². The number of ketones is 1. The van der Waals surface area contributed by atoms with Gasteiger partial charge in [-0.1, -0.05) is 6.07 Å². The number of rotatable bonds is 7. The normalized spacial score (nSPS) is 12.8. The van der Waals surface area contributed by atoms with E-state index in [1.54, 1.807) is 4.90 Å². The van der Waals surface area contributed by atoms with Gasteiger partial charge in [0.05, 0.1) is 0 Å². The van der Waals surface area contributed by atoms with Crippen molar-refractivity contribution in [2.24, 2.45) is 0 Å². The van der Waals surface area contributed by atoms with Crippen molar-refractivity contribution in [3.63, 3.8) is 0 Å². The summed E-state index contributed by atoms with van der Waals surface area (Å²) in [4.78, 5) is 24.6. The molecule has 4 heteroatoms. The zero-order valence-electron chi connectivity index (χ0n) is 12.0. The highest BCUT2D eigenvalue weighted by molar-refractivity contribution is 6.01. The summed E-state index contributed by atoms with van der Waals surface area (Å²) in [6.07, 6.45) is 8.97. The highest BCUT2D eigenvalue weighted by Crippen LogP contribution is 2.27. The maximum atomic E-state index is 11.8. The molecule has 0 spiro atoms. The Labute approximate surface area is 124 Å². The molecule has 0 bridgehead atoms. The second-order valence-electron chi connectivity index (χ2n) is 5.24. The first-order valence-corrected chi connectivity index (χ1v) is 7.18. The Morgan fingerprint density at radius 3 is 2.86 bits per heavy atom. The number of hydrogen-bond acceptors (Lipinski definition) is 3. The largest absolute Gasteiger partial charge is 0.480 e. The zero-order chi connectivity index (χ0) is 15.2. The monoisotopic (exact) mass is 285 g/mol. The van der Waals surface area contributed by atoms with Gasteiger partial charge in [-0.25, -0.2) is 0 Å². The van der Waals surface area contributed by atoms with Crippen LogP contribution in [-0.2, 0) is 11.2 Å². The van der Waals surface area contributed by atoms with Gasteiger partial charge in [-0.2, -0.15) is 0 Å². The third-order valence-corrected chi connectivity index (χ3v) is 3.71. The Morgan fingerprint density at radius 1 is 1.33 bits per heavy atom. The Hall–Kier alpha value is -2.28. The summed E-state index contributed by atoms with van der Waals surface area (Å²) >= 11 is 0. The smallest absolute Gasteiger partial charge is 0.323 e. The number of unbranched alkanes of at least 4 members (excludes halogenated alkanes) is 2. The van der Waals surface area contributed by atoms with E-state index in [2.05, 4.69) is 5.92 Å². The molecule has 1 aliphatic carbocycles. The third-order valence-electron chi connectivity index (χ3n) is 3.71. The molecule has 0 heterocycles. The van der Waals surface area contributed by atoms with Crippen LogP contribution in [0.1, 0.15) is 41.6 Å². The lowest BCUT2D eigenvalue weighted by molar-refractivity contribution is -0.135. The van der Waals surface area contributed by atoms with Gasteiger partial charge < -0.3 is 10.0 Å². The van der Waals surface area contributed by atoms with Crippen LogP contribution in [0.5, 0.6) is 0 Å². The van der Waals surface area contributed by atoms with Gasteiger partial charge in [0.2, 0.25) is 0 Å². The number of terminal acetylenes is 1. The summed E-state index contributed by atoms with van der Waals surface area (Å²) in [6, 6.07) is 5.67. The SMILES string of the molecule is C#CCCCCN(CC(=O)O)c1ccc2c(c1)C(=O)CC2. The fraction of sp³-hybridized carbons (Fsp3) is 0.412. The minimum atomic E-state index is -0.876. The number of hydrogen-bond donors (Lipinski definition) is 1. The van der Waals surface area contributed by atoms with E-state index in [0.29, 0.717) is 19.4 Å². The van der Waals surface area contributed by atoms with Crippen LogP contribution < -0.4 is 4.90 Å². The van der Waals surface area contributed by atoms with Crippen LogP contribution in [0.2, 0.25) is 0 Å². The van der Waals surface area contributed by atoms with Crippen LogP contribution >= 0.6 is 0 Å². The average molecular weight is 285 g/mol. The standard InChI is InChI=1S/C17H19NO3/c1-2-3-4-5-10-18(12-17(20)21)14-8-6-13-7-9-16(19)15(13)11-14/h1,6,8,11H,3-5,7,9-10,12H2,(H,20,21). The summed E-state index contributed by atoms with van der Waals surface area (Å²) in [5.41, 5.74) is 2.60. The van der Waals surface area contributed by atoms with Crippen molar-refractivity contribution in [2.75, 3.05) is 18.0 Å². The lowest BCUT2D eigenvalue weighted by Crippen LogP contribution is -2.30. The van der Waals surface area contributed by atoms with Crippen LogP contribution in [0.3, 0.4) is 0 Å². The van der Waals surface area contributed by atoms with Crippen molar-refractivity contribution < 1.29 is 14.7 Å². The van der Waals surface area contributed by atoms with Gasteiger partial charge >= 0.3 is 5.97 Å². The molecule has 21 heavy (non-hydrogen) atoms. The lowest BCUT2D eigenvalue weighted by atomic mass is 10.1. The lowest BCUT2D eigenvalue weighted by Gasteiger charge is -2.23. The molecule has 4 nitrogen and oxygen atoms in total. The summed E-state index contributed by atoms with van der Waals surface area (Å²) in [6.45, 7) is 0.560. The highest BCUT2D eigenvalue weighted by atomic mass is 16.4. The number of benzene rings is 1. The van der Waals surface area contributed by atoms with E-state index in [9.17, 15) is 9.59 Å². The van der Waals surface area contributed by atoms with Crippen LogP contribution in [0.25, 0.3) is 0 Å². The molecule has 0 saturated heterocycles. The van der Waals surface area contributed by atoms with E-state index >= 15 is 0 Å². The van der Waals surface area contributed by atoms with E-state index in [1.807, 2.05) is 18.2 Å². The molecule has 1 aromatic carbocycles. The van der Waals surface area contributed by atoms with Gasteiger partial charge in [-0.15, -0.1) is 12.3 Å². The quantitative estimate of drug-likeness (QED) is 0.618. The topological polar surface area (TPSA) is 57.6 Å². The van der Waals surface area contributed by atoms with Crippen molar-refractivity contribution >= 4 is 17.4 Å². The number of nitrogens with zero attached hydrogens (tertiary/aromatic N) is 1. The Bertz CT molecular complexity index is 586. The fourth-order valence-electron chi connectivity index (χ4n) is 2.61. The molecule has 0 atom stereocenters. The highest BCUT2D eigenvalue weighted by Gasteiger charge is 2.21. The molecule has 0 unspecified atom stereocenters. The molecule has 0 amide bonds. The molecule has 0 saturated carbocycles. The molecule has 0 aliphatic heterocycles. The molecule has 2 rings (SSSR count). The summed E-state index contributed by atoms with van der Waals surface area (Å²) in [5.74, 6) is 1.85. The van der Waals surface area contributed by atoms with Crippen LogP contribution in [0.15, 0.2) is 18.2 Å². The second kappa shape index (κ2) is 6.94. The maximum absolute atomic E-state index is 11.8. The van der Waals surface area contributed by atoms with E-state index in [-0.39, 0.29) is 12.3 Å². The predicted octanol–water partition coefficient (Wildman–Crippen LogP) is 2.51. The number of anilines is 1. The molecule has 0 radical (unpaired) electrons. The van der Waals surface area contributed by atoms with Gasteiger partial charge in [0.15, 0.2) is 5.78 Å². The Balaban J connectivity index is 2.12. The molecular formula is C17H19NO3. The van der Waals surface area contributed by atoms with Crippen molar-refractivity contribution in [3.8, 4) is 12.3 Å². The van der Waals surface area contributed by atoms with Crippen molar-refractivity contribution in [1.29, 1.82) is 0 Å². The van der Waals surface area contributed by atoms with Gasteiger partial charge in [-0.3, -0.25) is 9.59 Å². The number of carbonyl (C=O) groups is 2. The second-order valence-corrected chi connectivity index (χ2v) is 5.24. The first-order chi connectivity index (χ1) is 10.1. The maximum Gasteiger partial charge on any atom is 0.323 e. The molecular weight excluding hydrogens is 266 g/mol. The van der Waals surface area contributed by atoms with Crippen LogP contribution in [0.4, 0.5) is 5.69 Å². The van der Waals surface area contributed by atoms with Gasteiger partial charge in [0, 0.05) is 30.6 Å². The first kappa shape index (κ1) is 15.1. The molecule has 110 valence electrons. The summed E-state index contributed by atoms with van der Waals surface area (Å²) < 4.78 is 0. The van der Waals surface area contributed by atoms with Gasteiger partial charge in [0.25, 0.3) is 0 Å². The molecule has 0 fully saturated rings. The number of carboxylic acid groups (broad SMARTS) is 1. The first-order valence-electron chi connectivity index (χ1n) is 7.18.